The predicted octanol–water partition coefficient (Wildman–Crippen LogP) is 13.4. The van der Waals surface area contributed by atoms with E-state index in [4.69, 9.17) is 0 Å². The minimum absolute atomic E-state index is 0.0695. The van der Waals surface area contributed by atoms with E-state index < -0.39 is 0 Å². The molecular weight excluding hydrogens is 669 g/mol. The third-order valence-corrected chi connectivity index (χ3v) is 12.0. The number of fused-ring (bicyclic) bond motifs is 9. The zero-order valence-corrected chi connectivity index (χ0v) is 30.6. The highest BCUT2D eigenvalue weighted by atomic mass is 16.1. The average Bonchev–Trinajstić information content (AvgIpc) is 3.81. The van der Waals surface area contributed by atoms with Crippen molar-refractivity contribution >= 4 is 44.7 Å². The smallest absolute Gasteiger partial charge is 0.196 e. The number of hydrogen-bond acceptors (Lipinski definition) is 2. The lowest BCUT2D eigenvalue weighted by Gasteiger charge is -2.29. The van der Waals surface area contributed by atoms with Crippen molar-refractivity contribution in [3.05, 3.63) is 204 Å². The topological polar surface area (TPSA) is 25.2 Å². The van der Waals surface area contributed by atoms with E-state index in [2.05, 4.69) is 187 Å². The second-order valence-electron chi connectivity index (χ2n) is 15.3. The number of anilines is 3. The van der Waals surface area contributed by atoms with E-state index in [0.717, 1.165) is 56.1 Å². The molecule has 2 aliphatic rings. The molecule has 260 valence electrons. The minimum Gasteiger partial charge on any atom is -0.310 e. The molecule has 1 aromatic heterocycles. The van der Waals surface area contributed by atoms with E-state index in [-0.39, 0.29) is 11.2 Å². The molecule has 0 spiro atoms. The summed E-state index contributed by atoms with van der Waals surface area (Å²) in [5.74, 6) is 0.0695. The Kier molecular flexibility index (Phi) is 6.75. The van der Waals surface area contributed by atoms with Gasteiger partial charge < -0.3 is 9.47 Å². The molecule has 0 radical (unpaired) electrons. The maximum atomic E-state index is 14.2. The van der Waals surface area contributed by atoms with Gasteiger partial charge in [0, 0.05) is 38.8 Å². The zero-order valence-electron chi connectivity index (χ0n) is 30.6. The molecule has 0 unspecified atom stereocenters. The summed E-state index contributed by atoms with van der Waals surface area (Å²) in [6.45, 7) is 4.63. The SMILES string of the molecule is CC1(C)c2ccccc2-c2ccc(N(c3ccc(-c4ccc(-n5c6ccccc6c6ccccc65)cc4)cc3)c3cccc4c3C(=O)c3ccccc3-4)cc21. The molecule has 1 heterocycles. The van der Waals surface area contributed by atoms with Crippen LogP contribution >= 0.6 is 0 Å². The van der Waals surface area contributed by atoms with Gasteiger partial charge in [-0.15, -0.1) is 0 Å². The highest BCUT2D eigenvalue weighted by Crippen LogP contribution is 2.52. The number of aromatic nitrogens is 1. The van der Waals surface area contributed by atoms with Gasteiger partial charge in [0.1, 0.15) is 0 Å². The van der Waals surface area contributed by atoms with Crippen LogP contribution in [0.5, 0.6) is 0 Å². The molecular formula is C52H36N2O. The number of carbonyl (C=O) groups is 1. The Labute approximate surface area is 320 Å². The van der Waals surface area contributed by atoms with Gasteiger partial charge in [-0.3, -0.25) is 4.79 Å². The van der Waals surface area contributed by atoms with E-state index in [9.17, 15) is 4.79 Å². The summed E-state index contributed by atoms with van der Waals surface area (Å²) < 4.78 is 2.35. The van der Waals surface area contributed by atoms with Crippen molar-refractivity contribution in [2.75, 3.05) is 4.90 Å². The summed E-state index contributed by atoms with van der Waals surface area (Å²) in [6, 6.07) is 64.7. The van der Waals surface area contributed by atoms with Gasteiger partial charge in [0.05, 0.1) is 22.3 Å². The van der Waals surface area contributed by atoms with Crippen LogP contribution in [0.2, 0.25) is 0 Å². The van der Waals surface area contributed by atoms with Crippen LogP contribution in [0.3, 0.4) is 0 Å². The van der Waals surface area contributed by atoms with Gasteiger partial charge >= 0.3 is 0 Å². The fourth-order valence-electron chi connectivity index (χ4n) is 9.31. The largest absolute Gasteiger partial charge is 0.310 e. The maximum absolute atomic E-state index is 14.2. The standard InChI is InChI=1S/C52H36N2O/c1-52(2)45-18-8-5-13-39(45)40-31-30-37(32-46(40)52)53(49-21-11-17-43-38-12-3-4-16-44(38)51(55)50(43)49)35-26-22-33(23-27-35)34-24-28-36(29-25-34)54-47-19-9-6-14-41(47)42-15-7-10-20-48(42)54/h3-32H,1-2H3. The molecule has 0 amide bonds. The molecule has 3 heteroatoms. The maximum Gasteiger partial charge on any atom is 0.196 e. The minimum atomic E-state index is -0.159. The van der Waals surface area contributed by atoms with Crippen molar-refractivity contribution in [1.29, 1.82) is 0 Å². The van der Waals surface area contributed by atoms with Gasteiger partial charge in [-0.2, -0.15) is 0 Å². The second-order valence-corrected chi connectivity index (χ2v) is 15.3. The van der Waals surface area contributed by atoms with Crippen LogP contribution in [0.4, 0.5) is 17.1 Å². The molecule has 0 bridgehead atoms. The Morgan fingerprint density at radius 2 is 1.00 bits per heavy atom. The monoisotopic (exact) mass is 704 g/mol. The van der Waals surface area contributed by atoms with Crippen LogP contribution in [0.15, 0.2) is 182 Å². The molecule has 2 aliphatic carbocycles. The van der Waals surface area contributed by atoms with Crippen molar-refractivity contribution in [3.63, 3.8) is 0 Å². The summed E-state index contributed by atoms with van der Waals surface area (Å²) in [5.41, 5.74) is 17.2. The van der Waals surface area contributed by atoms with E-state index in [1.807, 2.05) is 18.2 Å². The number of carbonyl (C=O) groups excluding carboxylic acids is 1. The lowest BCUT2D eigenvalue weighted by molar-refractivity contribution is 0.104. The van der Waals surface area contributed by atoms with Crippen molar-refractivity contribution in [1.82, 2.24) is 4.57 Å². The van der Waals surface area contributed by atoms with E-state index in [1.165, 1.54) is 44.1 Å². The van der Waals surface area contributed by atoms with Gasteiger partial charge in [0.25, 0.3) is 0 Å². The van der Waals surface area contributed by atoms with Gasteiger partial charge in [-0.05, 0) is 99.1 Å². The molecule has 8 aromatic carbocycles. The summed E-state index contributed by atoms with van der Waals surface area (Å²) in [4.78, 5) is 16.5. The van der Waals surface area contributed by atoms with Crippen LogP contribution in [-0.2, 0) is 5.41 Å². The van der Waals surface area contributed by atoms with E-state index in [0.29, 0.717) is 0 Å². The summed E-state index contributed by atoms with van der Waals surface area (Å²) in [7, 11) is 0. The third-order valence-electron chi connectivity index (χ3n) is 12.0. The van der Waals surface area contributed by atoms with Gasteiger partial charge in [-0.25, -0.2) is 0 Å². The molecule has 0 atom stereocenters. The first kappa shape index (κ1) is 31.5. The number of ketones is 1. The van der Waals surface area contributed by atoms with Gasteiger partial charge in [0.2, 0.25) is 0 Å². The fourth-order valence-corrected chi connectivity index (χ4v) is 9.31. The van der Waals surface area contributed by atoms with Crippen LogP contribution in [0, 0.1) is 0 Å². The zero-order chi connectivity index (χ0) is 36.8. The predicted molar refractivity (Wildman–Crippen MR) is 227 cm³/mol. The molecule has 11 rings (SSSR count). The van der Waals surface area contributed by atoms with Crippen molar-refractivity contribution in [2.45, 2.75) is 19.3 Å². The first-order valence-electron chi connectivity index (χ1n) is 19.0. The second kappa shape index (κ2) is 11.8. The molecule has 0 N–H and O–H groups in total. The lowest BCUT2D eigenvalue weighted by Crippen LogP contribution is -2.17. The van der Waals surface area contributed by atoms with Crippen LogP contribution in [-0.4, -0.2) is 10.4 Å². The Hall–Kier alpha value is -6.97. The van der Waals surface area contributed by atoms with Gasteiger partial charge in [-0.1, -0.05) is 141 Å². The lowest BCUT2D eigenvalue weighted by atomic mass is 9.82. The highest BCUT2D eigenvalue weighted by Gasteiger charge is 2.37. The molecule has 3 nitrogen and oxygen atoms in total. The number of para-hydroxylation sites is 2. The fraction of sp³-hybridized carbons (Fsp3) is 0.0577. The first-order chi connectivity index (χ1) is 27.0. The van der Waals surface area contributed by atoms with Crippen molar-refractivity contribution in [3.8, 4) is 39.1 Å². The normalized spacial score (nSPS) is 13.5. The first-order valence-corrected chi connectivity index (χ1v) is 19.0. The molecule has 55 heavy (non-hydrogen) atoms. The van der Waals surface area contributed by atoms with Gasteiger partial charge in [0.15, 0.2) is 5.78 Å². The number of hydrogen-bond donors (Lipinski definition) is 0. The molecule has 0 aliphatic heterocycles. The van der Waals surface area contributed by atoms with Crippen LogP contribution in [0.25, 0.3) is 60.9 Å². The number of nitrogens with zero attached hydrogens (tertiary/aromatic N) is 2. The van der Waals surface area contributed by atoms with E-state index >= 15 is 0 Å². The molecule has 0 fully saturated rings. The Morgan fingerprint density at radius 3 is 1.71 bits per heavy atom. The average molecular weight is 705 g/mol. The quantitative estimate of drug-likeness (QED) is 0.178. The van der Waals surface area contributed by atoms with Crippen molar-refractivity contribution < 1.29 is 4.79 Å². The Morgan fingerprint density at radius 1 is 0.455 bits per heavy atom. The summed E-state index contributed by atoms with van der Waals surface area (Å²) in [6.07, 6.45) is 0. The number of rotatable bonds is 5. The Balaban J connectivity index is 1.02. The third kappa shape index (κ3) is 4.60. The van der Waals surface area contributed by atoms with Crippen molar-refractivity contribution in [2.24, 2.45) is 0 Å². The summed E-state index contributed by atoms with van der Waals surface area (Å²) in [5, 5.41) is 2.52. The molecule has 0 saturated heterocycles. The number of benzene rings is 8. The summed E-state index contributed by atoms with van der Waals surface area (Å²) >= 11 is 0. The molecule has 0 saturated carbocycles. The van der Waals surface area contributed by atoms with Crippen LogP contribution in [0.1, 0.15) is 40.9 Å². The molecule has 9 aromatic rings. The Bertz CT molecular complexity index is 2970. The highest BCUT2D eigenvalue weighted by molar-refractivity contribution is 6.25. The van der Waals surface area contributed by atoms with Crippen LogP contribution < -0.4 is 4.90 Å². The van der Waals surface area contributed by atoms with E-state index in [1.54, 1.807) is 0 Å².